The highest BCUT2D eigenvalue weighted by Gasteiger charge is 2.20. The molecule has 0 aliphatic carbocycles. The zero-order chi connectivity index (χ0) is 18.0. The van der Waals surface area contributed by atoms with Crippen molar-refractivity contribution in [2.45, 2.75) is 57.9 Å². The van der Waals surface area contributed by atoms with Gasteiger partial charge in [0.1, 0.15) is 0 Å². The molecule has 1 saturated heterocycles. The summed E-state index contributed by atoms with van der Waals surface area (Å²) in [5.41, 5.74) is 3.87. The molecule has 1 atom stereocenters. The Morgan fingerprint density at radius 1 is 0.885 bits per heavy atom. The van der Waals surface area contributed by atoms with Crippen molar-refractivity contribution in [2.75, 3.05) is 13.1 Å². The van der Waals surface area contributed by atoms with E-state index < -0.39 is 0 Å². The average molecular weight is 346 g/mol. The fourth-order valence-corrected chi connectivity index (χ4v) is 3.68. The maximum absolute atomic E-state index is 3.57. The minimum absolute atomic E-state index is 0.209. The van der Waals surface area contributed by atoms with Crippen LogP contribution in [0.15, 0.2) is 54.6 Å². The number of hydrogen-bond acceptors (Lipinski definition) is 1. The summed E-state index contributed by atoms with van der Waals surface area (Å²) in [6.45, 7) is 4.57. The van der Waals surface area contributed by atoms with Crippen LogP contribution in [-0.4, -0.2) is 18.0 Å². The van der Waals surface area contributed by atoms with Gasteiger partial charge in [-0.25, -0.2) is 0 Å². The first-order valence-electron chi connectivity index (χ1n) is 10.3. The molecule has 0 N–H and O–H groups in total. The Hall–Kier alpha value is -2.04. The van der Waals surface area contributed by atoms with Crippen molar-refractivity contribution >= 4 is 0 Å². The SMILES string of the molecule is CCCCCc1ccc(C#CC(c2ccccc2)N2CCCCC2)cc1. The monoisotopic (exact) mass is 345 g/mol. The summed E-state index contributed by atoms with van der Waals surface area (Å²) in [5, 5.41) is 0. The molecule has 1 heteroatoms. The quantitative estimate of drug-likeness (QED) is 0.458. The topological polar surface area (TPSA) is 3.24 Å². The summed E-state index contributed by atoms with van der Waals surface area (Å²) in [7, 11) is 0. The summed E-state index contributed by atoms with van der Waals surface area (Å²) in [6, 6.07) is 19.8. The predicted molar refractivity (Wildman–Crippen MR) is 111 cm³/mol. The Morgan fingerprint density at radius 3 is 2.31 bits per heavy atom. The molecule has 3 rings (SSSR count). The van der Waals surface area contributed by atoms with Gasteiger partial charge in [-0.3, -0.25) is 4.90 Å². The molecule has 2 aromatic carbocycles. The molecule has 2 aromatic rings. The second-order valence-electron chi connectivity index (χ2n) is 7.33. The van der Waals surface area contributed by atoms with E-state index in [1.807, 2.05) is 0 Å². The largest absolute Gasteiger partial charge is 0.286 e. The molecule has 1 aliphatic heterocycles. The summed E-state index contributed by atoms with van der Waals surface area (Å²) in [5.74, 6) is 7.01. The zero-order valence-electron chi connectivity index (χ0n) is 16.1. The molecular formula is C25H31N. The molecule has 0 radical (unpaired) electrons. The van der Waals surface area contributed by atoms with E-state index >= 15 is 0 Å². The molecule has 1 aliphatic rings. The van der Waals surface area contributed by atoms with Crippen LogP contribution in [0.3, 0.4) is 0 Å². The minimum atomic E-state index is 0.209. The van der Waals surface area contributed by atoms with Crippen molar-refractivity contribution in [3.63, 3.8) is 0 Å². The summed E-state index contributed by atoms with van der Waals surface area (Å²) in [6.07, 6.45) is 8.99. The van der Waals surface area contributed by atoms with Crippen LogP contribution < -0.4 is 0 Å². The molecule has 136 valence electrons. The Bertz CT molecular complexity index is 699. The predicted octanol–water partition coefficient (Wildman–Crippen LogP) is 6.00. The summed E-state index contributed by atoms with van der Waals surface area (Å²) >= 11 is 0. The van der Waals surface area contributed by atoms with E-state index in [1.54, 1.807) is 0 Å². The molecule has 0 spiro atoms. The molecule has 26 heavy (non-hydrogen) atoms. The Balaban J connectivity index is 1.73. The fraction of sp³-hybridized carbons (Fsp3) is 0.440. The highest BCUT2D eigenvalue weighted by molar-refractivity contribution is 5.39. The van der Waals surface area contributed by atoms with Gasteiger partial charge in [0.2, 0.25) is 0 Å². The lowest BCUT2D eigenvalue weighted by molar-refractivity contribution is 0.197. The van der Waals surface area contributed by atoms with Gasteiger partial charge in [0.15, 0.2) is 0 Å². The van der Waals surface area contributed by atoms with Gasteiger partial charge in [0.25, 0.3) is 0 Å². The lowest BCUT2D eigenvalue weighted by Crippen LogP contribution is -2.33. The van der Waals surface area contributed by atoms with E-state index in [-0.39, 0.29) is 6.04 Å². The maximum Gasteiger partial charge on any atom is 0.0974 e. The van der Waals surface area contributed by atoms with Crippen LogP contribution in [0, 0.1) is 11.8 Å². The zero-order valence-corrected chi connectivity index (χ0v) is 16.1. The lowest BCUT2D eigenvalue weighted by Gasteiger charge is -2.31. The number of unbranched alkanes of at least 4 members (excludes halogenated alkanes) is 2. The Kier molecular flexibility index (Phi) is 7.35. The molecule has 1 fully saturated rings. The van der Waals surface area contributed by atoms with E-state index in [0.29, 0.717) is 0 Å². The van der Waals surface area contributed by atoms with Gasteiger partial charge in [-0.2, -0.15) is 0 Å². The van der Waals surface area contributed by atoms with Crippen LogP contribution in [-0.2, 0) is 6.42 Å². The standard InChI is InChI=1S/C25H31N/c1-2-3-6-11-22-14-16-23(17-15-22)18-19-25(24-12-7-4-8-13-24)26-20-9-5-10-21-26/h4,7-8,12-17,25H,2-3,5-6,9-11,20-21H2,1H3. The third kappa shape index (κ3) is 5.48. The van der Waals surface area contributed by atoms with Gasteiger partial charge in [-0.05, 0) is 62.0 Å². The van der Waals surface area contributed by atoms with Gasteiger partial charge in [0.05, 0.1) is 6.04 Å². The molecular weight excluding hydrogens is 314 g/mol. The van der Waals surface area contributed by atoms with Crippen LogP contribution >= 0.6 is 0 Å². The van der Waals surface area contributed by atoms with Crippen molar-refractivity contribution in [1.82, 2.24) is 4.90 Å². The highest BCUT2D eigenvalue weighted by Crippen LogP contribution is 2.24. The Morgan fingerprint density at radius 2 is 1.62 bits per heavy atom. The molecule has 0 aromatic heterocycles. The van der Waals surface area contributed by atoms with Crippen LogP contribution in [0.5, 0.6) is 0 Å². The molecule has 1 unspecified atom stereocenters. The van der Waals surface area contributed by atoms with E-state index in [9.17, 15) is 0 Å². The van der Waals surface area contributed by atoms with Gasteiger partial charge in [-0.1, -0.05) is 80.5 Å². The van der Waals surface area contributed by atoms with E-state index in [2.05, 4.69) is 78.3 Å². The van der Waals surface area contributed by atoms with E-state index in [0.717, 1.165) is 18.7 Å². The summed E-state index contributed by atoms with van der Waals surface area (Å²) < 4.78 is 0. The van der Waals surface area contributed by atoms with Crippen molar-refractivity contribution in [3.05, 3.63) is 71.3 Å². The third-order valence-electron chi connectivity index (χ3n) is 5.25. The Labute approximate surface area is 159 Å². The van der Waals surface area contributed by atoms with Crippen LogP contribution in [0.2, 0.25) is 0 Å². The molecule has 0 amide bonds. The second-order valence-corrected chi connectivity index (χ2v) is 7.33. The smallest absolute Gasteiger partial charge is 0.0974 e. The number of piperidine rings is 1. The number of rotatable bonds is 6. The number of likely N-dealkylation sites (tertiary alicyclic amines) is 1. The first-order valence-corrected chi connectivity index (χ1v) is 10.3. The van der Waals surface area contributed by atoms with Gasteiger partial charge in [0, 0.05) is 5.56 Å². The van der Waals surface area contributed by atoms with Crippen molar-refractivity contribution in [2.24, 2.45) is 0 Å². The molecule has 0 bridgehead atoms. The van der Waals surface area contributed by atoms with Gasteiger partial charge < -0.3 is 0 Å². The van der Waals surface area contributed by atoms with Crippen LogP contribution in [0.25, 0.3) is 0 Å². The lowest BCUT2D eigenvalue weighted by atomic mass is 10.0. The van der Waals surface area contributed by atoms with Crippen LogP contribution in [0.4, 0.5) is 0 Å². The first kappa shape index (κ1) is 18.7. The number of aryl methyl sites for hydroxylation is 1. The number of nitrogens with zero attached hydrogens (tertiary/aromatic N) is 1. The first-order chi connectivity index (χ1) is 12.9. The van der Waals surface area contributed by atoms with Crippen molar-refractivity contribution < 1.29 is 0 Å². The van der Waals surface area contributed by atoms with Crippen molar-refractivity contribution in [1.29, 1.82) is 0 Å². The number of hydrogen-bond donors (Lipinski definition) is 0. The van der Waals surface area contributed by atoms with Gasteiger partial charge >= 0.3 is 0 Å². The summed E-state index contributed by atoms with van der Waals surface area (Å²) in [4.78, 5) is 2.55. The van der Waals surface area contributed by atoms with E-state index in [4.69, 9.17) is 0 Å². The minimum Gasteiger partial charge on any atom is -0.286 e. The maximum atomic E-state index is 3.57. The fourth-order valence-electron chi connectivity index (χ4n) is 3.68. The van der Waals surface area contributed by atoms with Crippen LogP contribution in [0.1, 0.15) is 68.2 Å². The highest BCUT2D eigenvalue weighted by atomic mass is 15.2. The average Bonchev–Trinajstić information content (AvgIpc) is 2.71. The van der Waals surface area contributed by atoms with Crippen molar-refractivity contribution in [3.8, 4) is 11.8 Å². The number of benzene rings is 2. The van der Waals surface area contributed by atoms with Gasteiger partial charge in [-0.15, -0.1) is 0 Å². The normalized spacial score (nSPS) is 15.9. The molecule has 1 heterocycles. The van der Waals surface area contributed by atoms with E-state index in [1.165, 1.54) is 56.1 Å². The second kappa shape index (κ2) is 10.2. The third-order valence-corrected chi connectivity index (χ3v) is 5.25. The molecule has 1 nitrogen and oxygen atoms in total. The molecule has 0 saturated carbocycles.